The summed E-state index contributed by atoms with van der Waals surface area (Å²) < 4.78 is 0. The Labute approximate surface area is 84.7 Å². The van der Waals surface area contributed by atoms with Crippen molar-refractivity contribution in [3.63, 3.8) is 0 Å². The van der Waals surface area contributed by atoms with Crippen LogP contribution >= 0.6 is 11.3 Å². The molecule has 72 valence electrons. The number of aromatic amines is 1. The highest BCUT2D eigenvalue weighted by Gasteiger charge is 2.01. The van der Waals surface area contributed by atoms with E-state index in [1.807, 2.05) is 18.2 Å². The molecule has 0 spiro atoms. The molecule has 2 heterocycles. The second-order valence-corrected chi connectivity index (χ2v) is 4.02. The topological polar surface area (TPSA) is 53.1 Å². The zero-order valence-corrected chi connectivity index (χ0v) is 8.17. The number of aliphatic hydroxyl groups is 1. The van der Waals surface area contributed by atoms with Gasteiger partial charge in [-0.05, 0) is 18.2 Å². The van der Waals surface area contributed by atoms with Gasteiger partial charge in [0.15, 0.2) is 0 Å². The molecule has 3 nitrogen and oxygen atoms in total. The molecule has 0 saturated heterocycles. The lowest BCUT2D eigenvalue weighted by atomic mass is 10.3. The van der Waals surface area contributed by atoms with E-state index in [-0.39, 0.29) is 12.2 Å². The molecule has 14 heavy (non-hydrogen) atoms. The molecular weight excluding hydrogens is 198 g/mol. The van der Waals surface area contributed by atoms with E-state index in [1.165, 1.54) is 17.4 Å². The van der Waals surface area contributed by atoms with Gasteiger partial charge in [-0.15, -0.1) is 11.3 Å². The fraction of sp³-hybridized carbons (Fsp3) is 0.100. The Morgan fingerprint density at radius 1 is 1.29 bits per heavy atom. The number of aromatic nitrogens is 1. The first kappa shape index (κ1) is 9.18. The summed E-state index contributed by atoms with van der Waals surface area (Å²) in [5.41, 5.74) is 0.684. The van der Waals surface area contributed by atoms with Crippen molar-refractivity contribution >= 4 is 11.3 Å². The lowest BCUT2D eigenvalue weighted by Crippen LogP contribution is -2.02. The number of aliphatic hydroxyl groups excluding tert-OH is 1. The molecule has 0 saturated carbocycles. The first-order chi connectivity index (χ1) is 6.79. The quantitative estimate of drug-likeness (QED) is 0.785. The van der Waals surface area contributed by atoms with Crippen LogP contribution in [0.15, 0.2) is 35.1 Å². The largest absolute Gasteiger partial charge is 0.391 e. The van der Waals surface area contributed by atoms with Crippen LogP contribution in [0.3, 0.4) is 0 Å². The molecular formula is C10H9NO2S. The van der Waals surface area contributed by atoms with Crippen molar-refractivity contribution in [3.8, 4) is 10.6 Å². The molecule has 0 aromatic carbocycles. The van der Waals surface area contributed by atoms with E-state index in [1.54, 1.807) is 6.07 Å². The summed E-state index contributed by atoms with van der Waals surface area (Å²) in [5.74, 6) is 0. The molecule has 0 atom stereocenters. The zero-order chi connectivity index (χ0) is 9.97. The maximum atomic E-state index is 11.0. The van der Waals surface area contributed by atoms with Gasteiger partial charge in [-0.25, -0.2) is 0 Å². The highest BCUT2D eigenvalue weighted by atomic mass is 32.1. The average molecular weight is 207 g/mol. The van der Waals surface area contributed by atoms with E-state index in [4.69, 9.17) is 5.11 Å². The highest BCUT2D eigenvalue weighted by molar-refractivity contribution is 7.15. The molecule has 4 heteroatoms. The molecule has 2 rings (SSSR count). The lowest BCUT2D eigenvalue weighted by molar-refractivity contribution is 0.285. The lowest BCUT2D eigenvalue weighted by Gasteiger charge is -1.94. The van der Waals surface area contributed by atoms with Crippen LogP contribution in [-0.4, -0.2) is 10.1 Å². The van der Waals surface area contributed by atoms with Gasteiger partial charge in [-0.3, -0.25) is 4.79 Å². The van der Waals surface area contributed by atoms with E-state index in [0.29, 0.717) is 0 Å². The van der Waals surface area contributed by atoms with Crippen LogP contribution in [0.4, 0.5) is 0 Å². The molecule has 0 bridgehead atoms. The standard InChI is InChI=1S/C10H9NO2S/c12-6-7-4-5-9(14-7)8-2-1-3-10(13)11-8/h1-5,12H,6H2,(H,11,13). The van der Waals surface area contributed by atoms with Crippen LogP contribution in [0, 0.1) is 0 Å². The second-order valence-electron chi connectivity index (χ2n) is 2.85. The average Bonchev–Trinajstić information content (AvgIpc) is 2.66. The third-order valence-electron chi connectivity index (χ3n) is 1.85. The smallest absolute Gasteiger partial charge is 0.248 e. The van der Waals surface area contributed by atoms with Gasteiger partial charge < -0.3 is 10.1 Å². The van der Waals surface area contributed by atoms with Gasteiger partial charge in [0, 0.05) is 10.9 Å². The molecule has 0 aliphatic rings. The van der Waals surface area contributed by atoms with Gasteiger partial charge in [-0.2, -0.15) is 0 Å². The Bertz CT molecular complexity index is 487. The summed E-state index contributed by atoms with van der Waals surface area (Å²) in [5, 5.41) is 8.89. The number of pyridine rings is 1. The maximum absolute atomic E-state index is 11.0. The summed E-state index contributed by atoms with van der Waals surface area (Å²) in [6.45, 7) is 0.0434. The minimum Gasteiger partial charge on any atom is -0.391 e. The molecule has 0 fully saturated rings. The van der Waals surface area contributed by atoms with Gasteiger partial charge in [0.1, 0.15) is 0 Å². The predicted octanol–water partition coefficient (Wildman–Crippen LogP) is 1.60. The fourth-order valence-electron chi connectivity index (χ4n) is 1.20. The Morgan fingerprint density at radius 2 is 2.14 bits per heavy atom. The van der Waals surface area contributed by atoms with Gasteiger partial charge >= 0.3 is 0 Å². The van der Waals surface area contributed by atoms with E-state index in [0.717, 1.165) is 15.4 Å². The Balaban J connectivity index is 2.44. The third kappa shape index (κ3) is 1.76. The van der Waals surface area contributed by atoms with Crippen molar-refractivity contribution in [3.05, 3.63) is 45.6 Å². The molecule has 0 radical (unpaired) electrons. The monoisotopic (exact) mass is 207 g/mol. The van der Waals surface area contributed by atoms with Crippen molar-refractivity contribution in [2.24, 2.45) is 0 Å². The number of hydrogen-bond acceptors (Lipinski definition) is 3. The first-order valence-corrected chi connectivity index (χ1v) is 5.00. The number of nitrogens with one attached hydrogen (secondary N) is 1. The molecule has 2 N–H and O–H groups in total. The van der Waals surface area contributed by atoms with Crippen LogP contribution in [0.25, 0.3) is 10.6 Å². The Hall–Kier alpha value is -1.39. The van der Waals surface area contributed by atoms with Crippen LogP contribution in [0.2, 0.25) is 0 Å². The minimum absolute atomic E-state index is 0.0434. The molecule has 0 amide bonds. The van der Waals surface area contributed by atoms with E-state index < -0.39 is 0 Å². The van der Waals surface area contributed by atoms with Crippen molar-refractivity contribution in [1.29, 1.82) is 0 Å². The van der Waals surface area contributed by atoms with Crippen LogP contribution in [0.1, 0.15) is 4.88 Å². The van der Waals surface area contributed by atoms with Crippen LogP contribution in [0.5, 0.6) is 0 Å². The summed E-state index contributed by atoms with van der Waals surface area (Å²) >= 11 is 1.47. The normalized spacial score (nSPS) is 10.4. The number of rotatable bonds is 2. The van der Waals surface area contributed by atoms with Crippen molar-refractivity contribution in [1.82, 2.24) is 4.98 Å². The van der Waals surface area contributed by atoms with Crippen molar-refractivity contribution in [2.45, 2.75) is 6.61 Å². The van der Waals surface area contributed by atoms with Gasteiger partial charge in [-0.1, -0.05) is 6.07 Å². The summed E-state index contributed by atoms with van der Waals surface area (Å²) in [6, 6.07) is 8.78. The summed E-state index contributed by atoms with van der Waals surface area (Å²) in [6.07, 6.45) is 0. The Kier molecular flexibility index (Phi) is 2.47. The van der Waals surface area contributed by atoms with E-state index in [2.05, 4.69) is 4.98 Å². The summed E-state index contributed by atoms with van der Waals surface area (Å²) in [7, 11) is 0. The fourth-order valence-corrected chi connectivity index (χ4v) is 2.05. The zero-order valence-electron chi connectivity index (χ0n) is 7.36. The van der Waals surface area contributed by atoms with Crippen molar-refractivity contribution in [2.75, 3.05) is 0 Å². The van der Waals surface area contributed by atoms with Gasteiger partial charge in [0.2, 0.25) is 5.56 Å². The minimum atomic E-state index is -0.110. The van der Waals surface area contributed by atoms with Crippen molar-refractivity contribution < 1.29 is 5.11 Å². The number of hydrogen-bond donors (Lipinski definition) is 2. The van der Waals surface area contributed by atoms with Crippen LogP contribution in [-0.2, 0) is 6.61 Å². The van der Waals surface area contributed by atoms with E-state index in [9.17, 15) is 4.79 Å². The highest BCUT2D eigenvalue weighted by Crippen LogP contribution is 2.25. The maximum Gasteiger partial charge on any atom is 0.248 e. The molecule has 0 aliphatic carbocycles. The summed E-state index contributed by atoms with van der Waals surface area (Å²) in [4.78, 5) is 15.6. The third-order valence-corrected chi connectivity index (χ3v) is 2.95. The molecule has 0 aliphatic heterocycles. The van der Waals surface area contributed by atoms with Crippen LogP contribution < -0.4 is 5.56 Å². The van der Waals surface area contributed by atoms with Gasteiger partial charge in [0.05, 0.1) is 17.2 Å². The number of thiophene rings is 1. The van der Waals surface area contributed by atoms with Gasteiger partial charge in [0.25, 0.3) is 0 Å². The molecule has 2 aromatic rings. The van der Waals surface area contributed by atoms with E-state index >= 15 is 0 Å². The molecule has 2 aromatic heterocycles. The molecule has 0 unspecified atom stereocenters. The second kappa shape index (κ2) is 3.77. The Morgan fingerprint density at radius 3 is 2.79 bits per heavy atom. The predicted molar refractivity (Wildman–Crippen MR) is 56.3 cm³/mol. The first-order valence-electron chi connectivity index (χ1n) is 4.19. The number of H-pyrrole nitrogens is 1. The SMILES string of the molecule is O=c1cccc(-c2ccc(CO)s2)[nH]1.